The Morgan fingerprint density at radius 2 is 1.88 bits per heavy atom. The number of likely N-dealkylation sites (N-methyl/N-ethyl adjacent to an activating group) is 1. The molecule has 0 spiro atoms. The molecule has 1 fully saturated rings. The smallest absolute Gasteiger partial charge is 0.227 e. The number of nitrogens with zero attached hydrogens (tertiary/aromatic N) is 4. The summed E-state index contributed by atoms with van der Waals surface area (Å²) in [5, 5.41) is 10.2. The fraction of sp³-hybridized carbons (Fsp3) is 0.296. The van der Waals surface area contributed by atoms with E-state index in [0.29, 0.717) is 13.0 Å². The van der Waals surface area contributed by atoms with Gasteiger partial charge in [-0.05, 0) is 53.9 Å². The SMILES string of the molecule is CN1c2ccc(C#Cc3cccnc3)cc2[C@@H]2[C@@H](CCN2C(=O)Cc2cccnc2)[C@@H]1CO. The van der Waals surface area contributed by atoms with E-state index in [1.165, 1.54) is 0 Å². The molecule has 0 radical (unpaired) electrons. The number of benzene rings is 1. The number of likely N-dealkylation sites (tertiary alicyclic amines) is 1. The Kier molecular flexibility index (Phi) is 5.80. The highest BCUT2D eigenvalue weighted by molar-refractivity contribution is 5.80. The van der Waals surface area contributed by atoms with Crippen molar-refractivity contribution >= 4 is 11.6 Å². The molecule has 0 unspecified atom stereocenters. The number of fused-ring (bicyclic) bond motifs is 3. The number of rotatable bonds is 3. The molecule has 1 saturated heterocycles. The van der Waals surface area contributed by atoms with Gasteiger partial charge in [0.2, 0.25) is 5.91 Å². The van der Waals surface area contributed by atoms with Crippen LogP contribution in [0.2, 0.25) is 0 Å². The molecule has 0 saturated carbocycles. The first kappa shape index (κ1) is 21.2. The van der Waals surface area contributed by atoms with Gasteiger partial charge in [0.1, 0.15) is 0 Å². The van der Waals surface area contributed by atoms with Crippen molar-refractivity contribution in [1.29, 1.82) is 0 Å². The van der Waals surface area contributed by atoms with E-state index in [1.807, 2.05) is 42.3 Å². The van der Waals surface area contributed by atoms with Crippen molar-refractivity contribution in [3.05, 3.63) is 89.5 Å². The van der Waals surface area contributed by atoms with Gasteiger partial charge >= 0.3 is 0 Å². The standard InChI is InChI=1S/C27H26N4O2/c1-30-24-9-8-19(6-7-20-4-2-11-28-16-20)14-23(24)27-22(25(30)18-32)10-13-31(27)26(33)15-21-5-3-12-29-17-21/h2-5,8-9,11-12,14,16-17,22,25,27,32H,10,13,15,18H2,1H3/t22-,25-,27-/m0/s1. The number of hydrogen-bond donors (Lipinski definition) is 1. The minimum Gasteiger partial charge on any atom is -0.394 e. The number of carbonyl (C=O) groups is 1. The van der Waals surface area contributed by atoms with Crippen LogP contribution in [0.15, 0.2) is 67.3 Å². The Morgan fingerprint density at radius 1 is 1.09 bits per heavy atom. The van der Waals surface area contributed by atoms with Crippen molar-refractivity contribution in [1.82, 2.24) is 14.9 Å². The van der Waals surface area contributed by atoms with Crippen molar-refractivity contribution in [2.24, 2.45) is 5.92 Å². The second kappa shape index (κ2) is 9.05. The molecule has 1 aromatic carbocycles. The predicted molar refractivity (Wildman–Crippen MR) is 126 cm³/mol. The van der Waals surface area contributed by atoms with Gasteiger partial charge in [0, 0.05) is 61.1 Å². The molecule has 3 atom stereocenters. The van der Waals surface area contributed by atoms with E-state index in [-0.39, 0.29) is 30.5 Å². The minimum atomic E-state index is -0.0716. The fourth-order valence-electron chi connectivity index (χ4n) is 5.17. The number of anilines is 1. The quantitative estimate of drug-likeness (QED) is 0.637. The maximum Gasteiger partial charge on any atom is 0.227 e. The highest BCUT2D eigenvalue weighted by Crippen LogP contribution is 2.48. The highest BCUT2D eigenvalue weighted by Gasteiger charge is 2.47. The number of aliphatic hydroxyl groups excluding tert-OH is 1. The number of aliphatic hydroxyl groups is 1. The molecule has 6 heteroatoms. The molecule has 1 amide bonds. The molecule has 2 aliphatic heterocycles. The lowest BCUT2D eigenvalue weighted by molar-refractivity contribution is -0.132. The van der Waals surface area contributed by atoms with Gasteiger partial charge in [-0.2, -0.15) is 0 Å². The monoisotopic (exact) mass is 438 g/mol. The normalized spacial score (nSPS) is 21.1. The van der Waals surface area contributed by atoms with E-state index in [4.69, 9.17) is 0 Å². The molecule has 5 rings (SSSR count). The summed E-state index contributed by atoms with van der Waals surface area (Å²) in [7, 11) is 2.02. The van der Waals surface area contributed by atoms with E-state index in [0.717, 1.165) is 34.4 Å². The third kappa shape index (κ3) is 4.08. The van der Waals surface area contributed by atoms with Gasteiger partial charge in [-0.3, -0.25) is 14.8 Å². The molecule has 33 heavy (non-hydrogen) atoms. The van der Waals surface area contributed by atoms with Crippen molar-refractivity contribution in [2.75, 3.05) is 25.1 Å². The zero-order valence-corrected chi connectivity index (χ0v) is 18.6. The van der Waals surface area contributed by atoms with Gasteiger partial charge in [-0.15, -0.1) is 0 Å². The Bertz CT molecular complexity index is 1200. The first-order valence-electron chi connectivity index (χ1n) is 11.2. The third-order valence-corrected chi connectivity index (χ3v) is 6.76. The zero-order chi connectivity index (χ0) is 22.8. The van der Waals surface area contributed by atoms with Crippen LogP contribution in [-0.4, -0.2) is 52.1 Å². The van der Waals surface area contributed by atoms with Crippen LogP contribution < -0.4 is 4.90 Å². The van der Waals surface area contributed by atoms with E-state index < -0.39 is 0 Å². The first-order valence-corrected chi connectivity index (χ1v) is 11.2. The number of hydrogen-bond acceptors (Lipinski definition) is 5. The summed E-state index contributed by atoms with van der Waals surface area (Å²) in [6.45, 7) is 0.744. The second-order valence-corrected chi connectivity index (χ2v) is 8.65. The van der Waals surface area contributed by atoms with Crippen LogP contribution in [-0.2, 0) is 11.2 Å². The summed E-state index contributed by atoms with van der Waals surface area (Å²) in [6, 6.07) is 13.7. The van der Waals surface area contributed by atoms with Crippen molar-refractivity contribution in [2.45, 2.75) is 24.9 Å². The topological polar surface area (TPSA) is 69.6 Å². The summed E-state index contributed by atoms with van der Waals surface area (Å²) < 4.78 is 0. The number of carbonyl (C=O) groups excluding carboxylic acids is 1. The summed E-state index contributed by atoms with van der Waals surface area (Å²) in [6.07, 6.45) is 8.13. The van der Waals surface area contributed by atoms with Gasteiger partial charge in [0.05, 0.1) is 25.1 Å². The molecule has 0 bridgehead atoms. The van der Waals surface area contributed by atoms with Crippen LogP contribution in [0.3, 0.4) is 0 Å². The Balaban J connectivity index is 1.50. The first-order chi connectivity index (χ1) is 16.2. The van der Waals surface area contributed by atoms with E-state index in [2.05, 4.69) is 38.8 Å². The van der Waals surface area contributed by atoms with Gasteiger partial charge in [-0.25, -0.2) is 0 Å². The van der Waals surface area contributed by atoms with Crippen LogP contribution in [0.25, 0.3) is 0 Å². The minimum absolute atomic E-state index is 0.0222. The predicted octanol–water partition coefficient (Wildman–Crippen LogP) is 2.82. The van der Waals surface area contributed by atoms with Crippen LogP contribution in [0, 0.1) is 17.8 Å². The summed E-state index contributed by atoms with van der Waals surface area (Å²) in [4.78, 5) is 25.8. The Labute approximate surface area is 193 Å². The lowest BCUT2D eigenvalue weighted by Crippen LogP contribution is -2.48. The van der Waals surface area contributed by atoms with Gasteiger partial charge < -0.3 is 14.9 Å². The highest BCUT2D eigenvalue weighted by atomic mass is 16.3. The van der Waals surface area contributed by atoms with Crippen LogP contribution in [0.1, 0.15) is 34.7 Å². The molecule has 3 aromatic rings. The number of pyridine rings is 2. The van der Waals surface area contributed by atoms with E-state index in [1.54, 1.807) is 24.8 Å². The molecule has 166 valence electrons. The lowest BCUT2D eigenvalue weighted by atomic mass is 9.81. The van der Waals surface area contributed by atoms with E-state index in [9.17, 15) is 9.90 Å². The van der Waals surface area contributed by atoms with Crippen LogP contribution >= 0.6 is 0 Å². The molecule has 2 aromatic heterocycles. The molecule has 6 nitrogen and oxygen atoms in total. The molecule has 2 aliphatic rings. The van der Waals surface area contributed by atoms with Gasteiger partial charge in [0.15, 0.2) is 0 Å². The average Bonchev–Trinajstić information content (AvgIpc) is 3.29. The van der Waals surface area contributed by atoms with Gasteiger partial charge in [0.25, 0.3) is 0 Å². The maximum atomic E-state index is 13.3. The van der Waals surface area contributed by atoms with Crippen molar-refractivity contribution < 1.29 is 9.90 Å². The lowest BCUT2D eigenvalue weighted by Gasteiger charge is -2.44. The largest absolute Gasteiger partial charge is 0.394 e. The summed E-state index contributed by atoms with van der Waals surface area (Å²) in [5.41, 5.74) is 4.82. The molecular formula is C27H26N4O2. The Morgan fingerprint density at radius 3 is 2.61 bits per heavy atom. The molecule has 0 aliphatic carbocycles. The molecule has 4 heterocycles. The fourth-order valence-corrected chi connectivity index (χ4v) is 5.17. The van der Waals surface area contributed by atoms with Crippen LogP contribution in [0.4, 0.5) is 5.69 Å². The maximum absolute atomic E-state index is 13.3. The molecular weight excluding hydrogens is 412 g/mol. The van der Waals surface area contributed by atoms with Crippen LogP contribution in [0.5, 0.6) is 0 Å². The van der Waals surface area contributed by atoms with E-state index >= 15 is 0 Å². The number of aromatic nitrogens is 2. The molecule has 1 N–H and O–H groups in total. The van der Waals surface area contributed by atoms with Gasteiger partial charge in [-0.1, -0.05) is 17.9 Å². The second-order valence-electron chi connectivity index (χ2n) is 8.65. The Hall–Kier alpha value is -3.69. The van der Waals surface area contributed by atoms with Crippen molar-refractivity contribution in [3.63, 3.8) is 0 Å². The zero-order valence-electron chi connectivity index (χ0n) is 18.6. The average molecular weight is 439 g/mol. The summed E-state index contributed by atoms with van der Waals surface area (Å²) in [5.74, 6) is 6.68. The van der Waals surface area contributed by atoms with Crippen molar-refractivity contribution in [3.8, 4) is 11.8 Å². The number of amides is 1. The third-order valence-electron chi connectivity index (χ3n) is 6.76. The summed E-state index contributed by atoms with van der Waals surface area (Å²) >= 11 is 0.